The molecule has 0 bridgehead atoms. The summed E-state index contributed by atoms with van der Waals surface area (Å²) in [5.41, 5.74) is 6.16. The second-order valence-corrected chi connectivity index (χ2v) is 5.75. The third-order valence-electron chi connectivity index (χ3n) is 3.61. The molecule has 1 saturated heterocycles. The molecule has 0 aliphatic carbocycles. The van der Waals surface area contributed by atoms with Gasteiger partial charge >= 0.3 is 0 Å². The molecule has 1 aromatic carbocycles. The van der Waals surface area contributed by atoms with Crippen molar-refractivity contribution in [3.63, 3.8) is 0 Å². The zero-order chi connectivity index (χ0) is 14.2. The zero-order valence-electron chi connectivity index (χ0n) is 10.7. The Balaban J connectivity index is 2.31. The number of nitrogens with two attached hydrogens (primary N) is 1. The normalized spacial score (nSPS) is 23.5. The highest BCUT2D eigenvalue weighted by molar-refractivity contribution is 9.10. The molecule has 1 aliphatic rings. The van der Waals surface area contributed by atoms with Gasteiger partial charge in [0.15, 0.2) is 5.82 Å². The number of piperidine rings is 1. The highest BCUT2D eigenvalue weighted by atomic mass is 79.9. The lowest BCUT2D eigenvalue weighted by Gasteiger charge is -2.36. The maximum atomic E-state index is 14.3. The van der Waals surface area contributed by atoms with Crippen molar-refractivity contribution in [2.45, 2.75) is 19.4 Å². The molecule has 1 aliphatic heterocycles. The molecular weight excluding hydrogens is 313 g/mol. The largest absolute Gasteiger partial charge is 0.391 e. The minimum absolute atomic E-state index is 0.176. The molecule has 1 aromatic rings. The summed E-state index contributed by atoms with van der Waals surface area (Å²) in [6, 6.07) is 3.23. The topological polar surface area (TPSA) is 73.3 Å². The van der Waals surface area contributed by atoms with Crippen LogP contribution in [0.15, 0.2) is 16.6 Å². The van der Waals surface area contributed by atoms with Crippen molar-refractivity contribution in [2.24, 2.45) is 11.7 Å². The van der Waals surface area contributed by atoms with Crippen LogP contribution in [-0.2, 0) is 0 Å². The van der Waals surface area contributed by atoms with Gasteiger partial charge in [-0.05, 0) is 40.4 Å². The number of nitrogens with one attached hydrogen (secondary N) is 1. The van der Waals surface area contributed by atoms with Gasteiger partial charge in [-0.3, -0.25) is 5.41 Å². The fraction of sp³-hybridized carbons (Fsp3) is 0.462. The van der Waals surface area contributed by atoms with Crippen LogP contribution in [-0.4, -0.2) is 30.1 Å². The molecule has 2 atom stereocenters. The summed E-state index contributed by atoms with van der Waals surface area (Å²) in [6.07, 6.45) is 0.381. The van der Waals surface area contributed by atoms with Crippen molar-refractivity contribution in [3.8, 4) is 0 Å². The number of nitrogens with zero attached hydrogens (tertiary/aromatic N) is 1. The van der Waals surface area contributed by atoms with E-state index in [1.165, 1.54) is 0 Å². The molecule has 0 amide bonds. The average Bonchev–Trinajstić information content (AvgIpc) is 2.36. The fourth-order valence-corrected chi connectivity index (χ4v) is 2.81. The summed E-state index contributed by atoms with van der Waals surface area (Å²) in [6.45, 7) is 3.12. The van der Waals surface area contributed by atoms with E-state index < -0.39 is 11.9 Å². The number of amidine groups is 1. The molecular formula is C13H17BrFN3O. The zero-order valence-corrected chi connectivity index (χ0v) is 12.2. The van der Waals surface area contributed by atoms with Crippen molar-refractivity contribution >= 4 is 27.5 Å². The maximum absolute atomic E-state index is 14.3. The van der Waals surface area contributed by atoms with Gasteiger partial charge in [-0.2, -0.15) is 0 Å². The van der Waals surface area contributed by atoms with Crippen LogP contribution in [0.5, 0.6) is 0 Å². The predicted octanol–water partition coefficient (Wildman–Crippen LogP) is 2.08. The molecule has 0 aromatic heterocycles. The Morgan fingerprint density at radius 2 is 2.26 bits per heavy atom. The number of benzene rings is 1. The molecule has 2 rings (SSSR count). The highest BCUT2D eigenvalue weighted by Gasteiger charge is 2.27. The van der Waals surface area contributed by atoms with Crippen molar-refractivity contribution in [1.82, 2.24) is 0 Å². The van der Waals surface area contributed by atoms with E-state index in [9.17, 15) is 9.50 Å². The van der Waals surface area contributed by atoms with Crippen LogP contribution in [0.2, 0.25) is 0 Å². The quantitative estimate of drug-likeness (QED) is 0.574. The SMILES string of the molecule is CC1CCN(c2ccc(C(=N)N)c(Br)c2F)CC1O. The molecule has 104 valence electrons. The number of hydrogen-bond acceptors (Lipinski definition) is 3. The lowest BCUT2D eigenvalue weighted by Crippen LogP contribution is -2.43. The highest BCUT2D eigenvalue weighted by Crippen LogP contribution is 2.31. The first-order valence-corrected chi connectivity index (χ1v) is 6.96. The number of aliphatic hydroxyl groups excluding tert-OH is 1. The van der Waals surface area contributed by atoms with Gasteiger partial charge in [0.25, 0.3) is 0 Å². The maximum Gasteiger partial charge on any atom is 0.161 e. The molecule has 2 unspecified atom stereocenters. The summed E-state index contributed by atoms with van der Waals surface area (Å²) >= 11 is 3.14. The molecule has 6 heteroatoms. The number of nitrogen functional groups attached to an aromatic ring is 1. The van der Waals surface area contributed by atoms with Gasteiger partial charge in [0, 0.05) is 18.7 Å². The third-order valence-corrected chi connectivity index (χ3v) is 4.39. The first-order chi connectivity index (χ1) is 8.91. The molecule has 4 N–H and O–H groups in total. The molecule has 0 saturated carbocycles. The first kappa shape index (κ1) is 14.3. The van der Waals surface area contributed by atoms with E-state index in [0.717, 1.165) is 6.42 Å². The molecule has 19 heavy (non-hydrogen) atoms. The van der Waals surface area contributed by atoms with Gasteiger partial charge in [0.2, 0.25) is 0 Å². The van der Waals surface area contributed by atoms with Crippen molar-refractivity contribution in [3.05, 3.63) is 28.0 Å². The van der Waals surface area contributed by atoms with Crippen LogP contribution in [0.25, 0.3) is 0 Å². The van der Waals surface area contributed by atoms with Crippen molar-refractivity contribution in [1.29, 1.82) is 5.41 Å². The number of anilines is 1. The van der Waals surface area contributed by atoms with Gasteiger partial charge in [-0.1, -0.05) is 6.92 Å². The van der Waals surface area contributed by atoms with Crippen LogP contribution < -0.4 is 10.6 Å². The van der Waals surface area contributed by atoms with E-state index in [-0.39, 0.29) is 16.2 Å². The number of β-amino-alcohol motifs (C(OH)–C–C–N with tert-alkyl or cyclic N) is 1. The third kappa shape index (κ3) is 2.74. The van der Waals surface area contributed by atoms with E-state index in [0.29, 0.717) is 24.3 Å². The Bertz CT molecular complexity index is 509. The summed E-state index contributed by atoms with van der Waals surface area (Å²) < 4.78 is 14.5. The Morgan fingerprint density at radius 1 is 1.58 bits per heavy atom. The van der Waals surface area contributed by atoms with Crippen LogP contribution in [0.1, 0.15) is 18.9 Å². The summed E-state index contributed by atoms with van der Waals surface area (Å²) in [7, 11) is 0. The summed E-state index contributed by atoms with van der Waals surface area (Å²) in [4.78, 5) is 1.83. The Labute approximate surface area is 120 Å². The molecule has 0 spiro atoms. The van der Waals surface area contributed by atoms with E-state index in [4.69, 9.17) is 11.1 Å². The second-order valence-electron chi connectivity index (χ2n) is 4.95. The standard InChI is InChI=1S/C13H17BrFN3O/c1-7-4-5-18(6-10(7)19)9-3-2-8(13(16)17)11(14)12(9)15/h2-3,7,10,19H,4-6H2,1H3,(H3,16,17). The Kier molecular flexibility index (Phi) is 4.10. The number of hydrogen-bond donors (Lipinski definition) is 3. The van der Waals surface area contributed by atoms with E-state index in [1.54, 1.807) is 12.1 Å². The minimum atomic E-state index is -0.445. The lowest BCUT2D eigenvalue weighted by atomic mass is 9.95. The second kappa shape index (κ2) is 5.46. The Morgan fingerprint density at radius 3 is 2.84 bits per heavy atom. The van der Waals surface area contributed by atoms with E-state index in [2.05, 4.69) is 15.9 Å². The van der Waals surface area contributed by atoms with Gasteiger partial charge in [-0.15, -0.1) is 0 Å². The van der Waals surface area contributed by atoms with Gasteiger partial charge in [0.05, 0.1) is 16.3 Å². The summed E-state index contributed by atoms with van der Waals surface area (Å²) in [5.74, 6) is -0.377. The molecule has 4 nitrogen and oxygen atoms in total. The lowest BCUT2D eigenvalue weighted by molar-refractivity contribution is 0.102. The van der Waals surface area contributed by atoms with E-state index in [1.807, 2.05) is 11.8 Å². The molecule has 0 radical (unpaired) electrons. The van der Waals surface area contributed by atoms with E-state index >= 15 is 0 Å². The fourth-order valence-electron chi connectivity index (χ4n) is 2.26. The van der Waals surface area contributed by atoms with Crippen LogP contribution in [0, 0.1) is 17.1 Å². The monoisotopic (exact) mass is 329 g/mol. The van der Waals surface area contributed by atoms with Gasteiger partial charge < -0.3 is 15.7 Å². The minimum Gasteiger partial charge on any atom is -0.391 e. The molecule has 1 heterocycles. The smallest absolute Gasteiger partial charge is 0.161 e. The number of rotatable bonds is 2. The number of halogens is 2. The average molecular weight is 330 g/mol. The van der Waals surface area contributed by atoms with Crippen LogP contribution >= 0.6 is 15.9 Å². The molecule has 1 fully saturated rings. The van der Waals surface area contributed by atoms with Crippen LogP contribution in [0.4, 0.5) is 10.1 Å². The van der Waals surface area contributed by atoms with Crippen molar-refractivity contribution in [2.75, 3.05) is 18.0 Å². The van der Waals surface area contributed by atoms with Crippen molar-refractivity contribution < 1.29 is 9.50 Å². The van der Waals surface area contributed by atoms with Gasteiger partial charge in [-0.25, -0.2) is 4.39 Å². The summed E-state index contributed by atoms with van der Waals surface area (Å²) in [5, 5.41) is 17.3. The predicted molar refractivity (Wildman–Crippen MR) is 77.1 cm³/mol. The Hall–Kier alpha value is -1.14. The van der Waals surface area contributed by atoms with Gasteiger partial charge in [0.1, 0.15) is 5.84 Å². The van der Waals surface area contributed by atoms with Crippen LogP contribution in [0.3, 0.4) is 0 Å². The first-order valence-electron chi connectivity index (χ1n) is 6.17. The number of aliphatic hydroxyl groups is 1.